The van der Waals surface area contributed by atoms with Crippen molar-refractivity contribution in [2.24, 2.45) is 5.73 Å². The molecule has 0 spiro atoms. The molecule has 1 amide bonds. The molecular formula is C11H23N3O3S. The van der Waals surface area contributed by atoms with Crippen LogP contribution in [-0.4, -0.2) is 63.0 Å². The van der Waals surface area contributed by atoms with Crippen molar-refractivity contribution in [2.45, 2.75) is 25.3 Å². The molecule has 7 heteroatoms. The van der Waals surface area contributed by atoms with Crippen LogP contribution in [0.4, 0.5) is 0 Å². The summed E-state index contributed by atoms with van der Waals surface area (Å²) in [6.45, 7) is 3.42. The quantitative estimate of drug-likeness (QED) is 0.647. The van der Waals surface area contributed by atoms with Gasteiger partial charge in [-0.3, -0.25) is 9.69 Å². The predicted molar refractivity (Wildman–Crippen MR) is 71.0 cm³/mol. The lowest BCUT2D eigenvalue weighted by molar-refractivity contribution is -0.123. The number of hydrogen-bond donors (Lipinski definition) is 2. The summed E-state index contributed by atoms with van der Waals surface area (Å²) in [6.07, 6.45) is 1.34. The van der Waals surface area contributed by atoms with Crippen molar-refractivity contribution < 1.29 is 13.2 Å². The van der Waals surface area contributed by atoms with Crippen molar-refractivity contribution in [3.05, 3.63) is 0 Å². The van der Waals surface area contributed by atoms with Crippen molar-refractivity contribution in [1.29, 1.82) is 0 Å². The molecule has 1 heterocycles. The van der Waals surface area contributed by atoms with Crippen LogP contribution in [0.2, 0.25) is 0 Å². The van der Waals surface area contributed by atoms with Gasteiger partial charge < -0.3 is 11.1 Å². The molecule has 1 aliphatic heterocycles. The Kier molecular flexibility index (Phi) is 5.12. The van der Waals surface area contributed by atoms with Crippen LogP contribution in [0, 0.1) is 0 Å². The van der Waals surface area contributed by atoms with E-state index in [0.717, 1.165) is 13.0 Å². The normalized spacial score (nSPS) is 26.4. The maximum Gasteiger partial charge on any atom is 0.234 e. The van der Waals surface area contributed by atoms with E-state index in [0.29, 0.717) is 13.0 Å². The molecule has 6 nitrogen and oxygen atoms in total. The first-order valence-corrected chi connectivity index (χ1v) is 7.98. The van der Waals surface area contributed by atoms with Crippen LogP contribution in [0.1, 0.15) is 19.8 Å². The highest BCUT2D eigenvalue weighted by Crippen LogP contribution is 2.22. The maximum absolute atomic E-state index is 11.8. The number of rotatable bonds is 6. The third-order valence-electron chi connectivity index (χ3n) is 3.10. The second kappa shape index (κ2) is 5.99. The number of nitrogens with zero attached hydrogens (tertiary/aromatic N) is 1. The molecule has 1 aliphatic rings. The van der Waals surface area contributed by atoms with E-state index in [1.54, 1.807) is 6.92 Å². The van der Waals surface area contributed by atoms with Gasteiger partial charge in [0.05, 0.1) is 23.6 Å². The Morgan fingerprint density at radius 1 is 1.50 bits per heavy atom. The van der Waals surface area contributed by atoms with Gasteiger partial charge in [-0.25, -0.2) is 8.42 Å². The van der Waals surface area contributed by atoms with Gasteiger partial charge in [0.1, 0.15) is 0 Å². The van der Waals surface area contributed by atoms with E-state index in [9.17, 15) is 13.2 Å². The molecule has 106 valence electrons. The molecule has 0 aliphatic carbocycles. The van der Waals surface area contributed by atoms with Gasteiger partial charge in [-0.1, -0.05) is 0 Å². The largest absolute Gasteiger partial charge is 0.349 e. The Bertz CT molecular complexity index is 396. The van der Waals surface area contributed by atoms with Crippen LogP contribution in [-0.2, 0) is 14.6 Å². The van der Waals surface area contributed by atoms with E-state index in [4.69, 9.17) is 5.73 Å². The van der Waals surface area contributed by atoms with Gasteiger partial charge in [0.25, 0.3) is 0 Å². The number of likely N-dealkylation sites (N-methyl/N-ethyl adjacent to an activating group) is 1. The molecule has 0 aromatic rings. The molecule has 0 aromatic carbocycles. The van der Waals surface area contributed by atoms with Gasteiger partial charge in [0.2, 0.25) is 5.91 Å². The summed E-state index contributed by atoms with van der Waals surface area (Å²) in [5.74, 6) is 0.0690. The minimum Gasteiger partial charge on any atom is -0.349 e. The van der Waals surface area contributed by atoms with Gasteiger partial charge in [-0.15, -0.1) is 0 Å². The SMILES string of the molecule is CN(CCCN)CC(=O)NC1(C)CCS(=O)(=O)C1. The highest BCUT2D eigenvalue weighted by atomic mass is 32.2. The Labute approximate surface area is 109 Å². The van der Waals surface area contributed by atoms with Gasteiger partial charge in [-0.05, 0) is 39.9 Å². The third-order valence-corrected chi connectivity index (χ3v) is 5.01. The lowest BCUT2D eigenvalue weighted by Crippen LogP contribution is -2.50. The Morgan fingerprint density at radius 2 is 2.17 bits per heavy atom. The number of hydrogen-bond acceptors (Lipinski definition) is 5. The van der Waals surface area contributed by atoms with Crippen LogP contribution >= 0.6 is 0 Å². The highest BCUT2D eigenvalue weighted by Gasteiger charge is 2.39. The molecule has 1 atom stereocenters. The second-order valence-electron chi connectivity index (χ2n) is 5.33. The molecule has 1 rings (SSSR count). The molecule has 18 heavy (non-hydrogen) atoms. The summed E-state index contributed by atoms with van der Waals surface area (Å²) in [6, 6.07) is 0. The molecule has 0 saturated carbocycles. The number of nitrogens with two attached hydrogens (primary N) is 1. The minimum absolute atomic E-state index is 0.0399. The smallest absolute Gasteiger partial charge is 0.234 e. The zero-order valence-electron chi connectivity index (χ0n) is 11.1. The monoisotopic (exact) mass is 277 g/mol. The fourth-order valence-corrected chi connectivity index (χ4v) is 4.26. The molecule has 1 saturated heterocycles. The van der Waals surface area contributed by atoms with Crippen LogP contribution in [0.15, 0.2) is 0 Å². The summed E-state index contributed by atoms with van der Waals surface area (Å²) < 4.78 is 22.8. The number of nitrogens with one attached hydrogen (secondary N) is 1. The first-order chi connectivity index (χ1) is 8.26. The van der Waals surface area contributed by atoms with Crippen molar-refractivity contribution in [3.63, 3.8) is 0 Å². The van der Waals surface area contributed by atoms with Crippen LogP contribution < -0.4 is 11.1 Å². The van der Waals surface area contributed by atoms with E-state index in [2.05, 4.69) is 5.32 Å². The maximum atomic E-state index is 11.8. The molecule has 1 fully saturated rings. The van der Waals surface area contributed by atoms with Crippen molar-refractivity contribution in [1.82, 2.24) is 10.2 Å². The summed E-state index contributed by atoms with van der Waals surface area (Å²) in [7, 11) is -1.14. The van der Waals surface area contributed by atoms with Gasteiger partial charge in [0.15, 0.2) is 9.84 Å². The molecule has 0 bridgehead atoms. The zero-order valence-corrected chi connectivity index (χ0v) is 11.9. The zero-order chi connectivity index (χ0) is 13.8. The lowest BCUT2D eigenvalue weighted by atomic mass is 10.0. The van der Waals surface area contributed by atoms with Gasteiger partial charge in [-0.2, -0.15) is 0 Å². The summed E-state index contributed by atoms with van der Waals surface area (Å²) in [5.41, 5.74) is 4.79. The average Bonchev–Trinajstić information content (AvgIpc) is 2.49. The molecule has 0 radical (unpaired) electrons. The number of carbonyl (C=O) groups excluding carboxylic acids is 1. The van der Waals surface area contributed by atoms with Crippen LogP contribution in [0.3, 0.4) is 0 Å². The van der Waals surface area contributed by atoms with Crippen molar-refractivity contribution in [3.8, 4) is 0 Å². The Hall–Kier alpha value is -0.660. The van der Waals surface area contributed by atoms with Crippen LogP contribution in [0.5, 0.6) is 0 Å². The number of amides is 1. The second-order valence-corrected chi connectivity index (χ2v) is 7.51. The topological polar surface area (TPSA) is 92.5 Å². The summed E-state index contributed by atoms with van der Waals surface area (Å²) in [4.78, 5) is 13.7. The summed E-state index contributed by atoms with van der Waals surface area (Å²) >= 11 is 0. The summed E-state index contributed by atoms with van der Waals surface area (Å²) in [5, 5.41) is 2.83. The van der Waals surface area contributed by atoms with Gasteiger partial charge >= 0.3 is 0 Å². The molecule has 3 N–H and O–H groups in total. The third kappa shape index (κ3) is 4.91. The fraction of sp³-hybridized carbons (Fsp3) is 0.909. The minimum atomic E-state index is -2.99. The van der Waals surface area contributed by atoms with E-state index in [1.807, 2.05) is 11.9 Å². The van der Waals surface area contributed by atoms with E-state index in [-0.39, 0.29) is 24.0 Å². The van der Waals surface area contributed by atoms with Crippen molar-refractivity contribution in [2.75, 3.05) is 38.2 Å². The van der Waals surface area contributed by atoms with E-state index < -0.39 is 15.4 Å². The molecular weight excluding hydrogens is 254 g/mol. The molecule has 0 aromatic heterocycles. The number of carbonyl (C=O) groups is 1. The predicted octanol–water partition coefficient (Wildman–Crippen LogP) is -1.04. The first-order valence-electron chi connectivity index (χ1n) is 6.16. The Morgan fingerprint density at radius 3 is 2.67 bits per heavy atom. The average molecular weight is 277 g/mol. The highest BCUT2D eigenvalue weighted by molar-refractivity contribution is 7.91. The Balaban J connectivity index is 2.41. The fourth-order valence-electron chi connectivity index (χ4n) is 2.17. The van der Waals surface area contributed by atoms with E-state index >= 15 is 0 Å². The molecule has 1 unspecified atom stereocenters. The standard InChI is InChI=1S/C11H23N3O3S/c1-11(4-7-18(16,17)9-11)13-10(15)8-14(2)6-3-5-12/h3-9,12H2,1-2H3,(H,13,15). The van der Waals surface area contributed by atoms with Crippen molar-refractivity contribution >= 4 is 15.7 Å². The van der Waals surface area contributed by atoms with Gasteiger partial charge in [0, 0.05) is 0 Å². The van der Waals surface area contributed by atoms with E-state index in [1.165, 1.54) is 0 Å². The lowest BCUT2D eigenvalue weighted by Gasteiger charge is -2.25. The first kappa shape index (κ1) is 15.4. The number of sulfone groups is 1. The van der Waals surface area contributed by atoms with Crippen LogP contribution in [0.25, 0.3) is 0 Å².